The lowest BCUT2D eigenvalue weighted by Crippen LogP contribution is -2.06. The van der Waals surface area contributed by atoms with Crippen molar-refractivity contribution in [3.8, 4) is 11.3 Å². The predicted molar refractivity (Wildman–Crippen MR) is 101 cm³/mol. The molecule has 1 aromatic carbocycles. The Morgan fingerprint density at radius 3 is 2.60 bits per heavy atom. The van der Waals surface area contributed by atoms with Crippen molar-refractivity contribution in [2.45, 2.75) is 38.0 Å². The quantitative estimate of drug-likeness (QED) is 0.447. The first-order valence-corrected chi connectivity index (χ1v) is 9.14. The fourth-order valence-corrected chi connectivity index (χ4v) is 4.04. The highest BCUT2D eigenvalue weighted by Crippen LogP contribution is 2.37. The van der Waals surface area contributed by atoms with Gasteiger partial charge < -0.3 is 4.42 Å². The van der Waals surface area contributed by atoms with E-state index in [2.05, 4.69) is 35.3 Å². The highest BCUT2D eigenvalue weighted by Gasteiger charge is 2.19. The lowest BCUT2D eigenvalue weighted by Gasteiger charge is -2.20. The van der Waals surface area contributed by atoms with Gasteiger partial charge >= 0.3 is 0 Å². The van der Waals surface area contributed by atoms with Crippen LogP contribution in [0.5, 0.6) is 0 Å². The van der Waals surface area contributed by atoms with Crippen LogP contribution in [-0.2, 0) is 0 Å². The van der Waals surface area contributed by atoms with E-state index in [-0.39, 0.29) is 0 Å². The van der Waals surface area contributed by atoms with Gasteiger partial charge in [-0.05, 0) is 43.2 Å². The molecule has 0 radical (unpaired) electrons. The molecule has 0 N–H and O–H groups in total. The Morgan fingerprint density at radius 2 is 1.76 bits per heavy atom. The number of fused-ring (bicyclic) bond motifs is 3. The van der Waals surface area contributed by atoms with Gasteiger partial charge in [-0.2, -0.15) is 0 Å². The van der Waals surface area contributed by atoms with Gasteiger partial charge in [0, 0.05) is 34.1 Å². The number of rotatable bonds is 2. The van der Waals surface area contributed by atoms with Crippen molar-refractivity contribution < 1.29 is 4.42 Å². The summed E-state index contributed by atoms with van der Waals surface area (Å²) in [6.07, 6.45) is 8.30. The zero-order chi connectivity index (χ0) is 16.6. The molecule has 25 heavy (non-hydrogen) atoms. The number of benzene rings is 1. The number of pyridine rings is 2. The van der Waals surface area contributed by atoms with Gasteiger partial charge in [0.05, 0.1) is 5.69 Å². The molecule has 5 rings (SSSR count). The van der Waals surface area contributed by atoms with Crippen molar-refractivity contribution in [2.24, 2.45) is 0 Å². The van der Waals surface area contributed by atoms with Gasteiger partial charge in [-0.3, -0.25) is 4.98 Å². The fraction of sp³-hybridized carbons (Fsp3) is 0.273. The summed E-state index contributed by atoms with van der Waals surface area (Å²) in [6.45, 7) is 0. The summed E-state index contributed by atoms with van der Waals surface area (Å²) in [5.41, 5.74) is 4.77. The molecule has 1 aliphatic carbocycles. The van der Waals surface area contributed by atoms with E-state index in [0.29, 0.717) is 5.92 Å². The lowest BCUT2D eigenvalue weighted by atomic mass is 9.86. The van der Waals surface area contributed by atoms with E-state index >= 15 is 0 Å². The van der Waals surface area contributed by atoms with E-state index in [1.807, 2.05) is 24.4 Å². The normalized spacial score (nSPS) is 15.8. The SMILES string of the molecule is c1ccc(-c2cccc3c2oc2nc(C4CCCCC4)ccc23)nc1. The summed E-state index contributed by atoms with van der Waals surface area (Å²) in [6, 6.07) is 16.6. The van der Waals surface area contributed by atoms with E-state index in [1.165, 1.54) is 37.8 Å². The molecule has 3 heterocycles. The van der Waals surface area contributed by atoms with Crippen molar-refractivity contribution in [2.75, 3.05) is 0 Å². The Labute approximate surface area is 146 Å². The van der Waals surface area contributed by atoms with Crippen LogP contribution in [0.1, 0.15) is 43.7 Å². The second kappa shape index (κ2) is 5.99. The zero-order valence-electron chi connectivity index (χ0n) is 14.1. The number of hydrogen-bond donors (Lipinski definition) is 0. The Bertz CT molecular complexity index is 1030. The molecule has 3 heteroatoms. The van der Waals surface area contributed by atoms with Crippen LogP contribution in [0.2, 0.25) is 0 Å². The fourth-order valence-electron chi connectivity index (χ4n) is 4.04. The van der Waals surface area contributed by atoms with Gasteiger partial charge in [-0.25, -0.2) is 4.98 Å². The Balaban J connectivity index is 1.67. The van der Waals surface area contributed by atoms with Crippen LogP contribution < -0.4 is 0 Å². The second-order valence-corrected chi connectivity index (χ2v) is 6.92. The molecular formula is C22H20N2O. The molecule has 1 aliphatic rings. The van der Waals surface area contributed by atoms with Crippen molar-refractivity contribution in [1.82, 2.24) is 9.97 Å². The largest absolute Gasteiger partial charge is 0.437 e. The van der Waals surface area contributed by atoms with Gasteiger partial charge in [-0.1, -0.05) is 37.5 Å². The van der Waals surface area contributed by atoms with Crippen molar-refractivity contribution >= 4 is 22.1 Å². The van der Waals surface area contributed by atoms with Crippen molar-refractivity contribution in [1.29, 1.82) is 0 Å². The number of furan rings is 1. The Hall–Kier alpha value is -2.68. The van der Waals surface area contributed by atoms with Crippen LogP contribution in [0.4, 0.5) is 0 Å². The third-order valence-corrected chi connectivity index (χ3v) is 5.35. The molecule has 1 fully saturated rings. The van der Waals surface area contributed by atoms with E-state index in [1.54, 1.807) is 0 Å². The first-order chi connectivity index (χ1) is 12.4. The first-order valence-electron chi connectivity index (χ1n) is 9.14. The third-order valence-electron chi connectivity index (χ3n) is 5.35. The number of nitrogens with zero attached hydrogens (tertiary/aromatic N) is 2. The van der Waals surface area contributed by atoms with Crippen LogP contribution in [0.25, 0.3) is 33.3 Å². The van der Waals surface area contributed by atoms with Crippen LogP contribution in [0.15, 0.2) is 59.1 Å². The minimum absolute atomic E-state index is 0.585. The number of para-hydroxylation sites is 1. The number of hydrogen-bond acceptors (Lipinski definition) is 3. The molecule has 0 bridgehead atoms. The average Bonchev–Trinajstić information content (AvgIpc) is 3.07. The summed E-state index contributed by atoms with van der Waals surface area (Å²) in [5.74, 6) is 0.585. The van der Waals surface area contributed by atoms with E-state index in [0.717, 1.165) is 33.3 Å². The topological polar surface area (TPSA) is 38.9 Å². The first kappa shape index (κ1) is 14.6. The predicted octanol–water partition coefficient (Wildman–Crippen LogP) is 6.09. The molecule has 4 aromatic rings. The van der Waals surface area contributed by atoms with Gasteiger partial charge in [-0.15, -0.1) is 0 Å². The van der Waals surface area contributed by atoms with Gasteiger partial charge in [0.2, 0.25) is 5.71 Å². The van der Waals surface area contributed by atoms with Crippen LogP contribution in [0.3, 0.4) is 0 Å². The Kier molecular flexibility index (Phi) is 3.51. The smallest absolute Gasteiger partial charge is 0.227 e. The molecule has 0 atom stereocenters. The molecule has 124 valence electrons. The summed E-state index contributed by atoms with van der Waals surface area (Å²) >= 11 is 0. The maximum absolute atomic E-state index is 6.22. The van der Waals surface area contributed by atoms with Gasteiger partial charge in [0.25, 0.3) is 0 Å². The van der Waals surface area contributed by atoms with E-state index in [4.69, 9.17) is 9.40 Å². The minimum Gasteiger partial charge on any atom is -0.437 e. The zero-order valence-corrected chi connectivity index (χ0v) is 14.1. The monoisotopic (exact) mass is 328 g/mol. The average molecular weight is 328 g/mol. The minimum atomic E-state index is 0.585. The molecule has 3 nitrogen and oxygen atoms in total. The molecule has 0 unspecified atom stereocenters. The standard InChI is InChI=1S/C22H20N2O/c1-2-7-15(8-3-1)19-13-12-17-16-9-6-10-18(20-11-4-5-14-23-20)21(16)25-22(17)24-19/h4-6,9-15H,1-3,7-8H2. The molecule has 0 amide bonds. The highest BCUT2D eigenvalue weighted by molar-refractivity contribution is 6.08. The van der Waals surface area contributed by atoms with Crippen molar-refractivity contribution in [3.05, 3.63) is 60.4 Å². The van der Waals surface area contributed by atoms with Crippen LogP contribution in [-0.4, -0.2) is 9.97 Å². The number of aromatic nitrogens is 2. The summed E-state index contributed by atoms with van der Waals surface area (Å²) in [4.78, 5) is 9.36. The molecule has 3 aromatic heterocycles. The second-order valence-electron chi connectivity index (χ2n) is 6.92. The van der Waals surface area contributed by atoms with Gasteiger partial charge in [0.1, 0.15) is 5.58 Å². The summed E-state index contributed by atoms with van der Waals surface area (Å²) in [7, 11) is 0. The Morgan fingerprint density at radius 1 is 0.840 bits per heavy atom. The summed E-state index contributed by atoms with van der Waals surface area (Å²) in [5, 5.41) is 2.20. The van der Waals surface area contributed by atoms with Crippen LogP contribution in [0, 0.1) is 0 Å². The van der Waals surface area contributed by atoms with Crippen LogP contribution >= 0.6 is 0 Å². The molecule has 0 aliphatic heterocycles. The molecule has 1 saturated carbocycles. The molecular weight excluding hydrogens is 308 g/mol. The maximum atomic E-state index is 6.22. The lowest BCUT2D eigenvalue weighted by molar-refractivity contribution is 0.436. The van der Waals surface area contributed by atoms with E-state index in [9.17, 15) is 0 Å². The summed E-state index contributed by atoms with van der Waals surface area (Å²) < 4.78 is 6.22. The maximum Gasteiger partial charge on any atom is 0.227 e. The van der Waals surface area contributed by atoms with Crippen molar-refractivity contribution in [3.63, 3.8) is 0 Å². The third kappa shape index (κ3) is 2.51. The molecule has 0 spiro atoms. The van der Waals surface area contributed by atoms with Gasteiger partial charge in [0.15, 0.2) is 0 Å². The highest BCUT2D eigenvalue weighted by atomic mass is 16.3. The van der Waals surface area contributed by atoms with E-state index < -0.39 is 0 Å². The molecule has 0 saturated heterocycles.